The minimum atomic E-state index is -0.780. The molecule has 0 spiro atoms. The van der Waals surface area contributed by atoms with Crippen LogP contribution in [0.2, 0.25) is 0 Å². The van der Waals surface area contributed by atoms with E-state index in [2.05, 4.69) is 24.3 Å². The van der Waals surface area contributed by atoms with Crippen LogP contribution in [0.25, 0.3) is 11.1 Å². The summed E-state index contributed by atoms with van der Waals surface area (Å²) in [5, 5.41) is 0. The second kappa shape index (κ2) is 5.58. The topological polar surface area (TPSA) is 78.3 Å². The molecular formula is C17H18N2O2. The second-order valence-electron chi connectivity index (χ2n) is 5.35. The maximum absolute atomic E-state index is 10.7. The Kier molecular flexibility index (Phi) is 3.62. The van der Waals surface area contributed by atoms with Gasteiger partial charge in [0.05, 0.1) is 0 Å². The highest BCUT2D eigenvalue weighted by Crippen LogP contribution is 2.46. The van der Waals surface area contributed by atoms with Crippen LogP contribution in [-0.2, 0) is 4.74 Å². The third-order valence-corrected chi connectivity index (χ3v) is 3.94. The number of benzene rings is 2. The van der Waals surface area contributed by atoms with E-state index in [4.69, 9.17) is 16.2 Å². The molecule has 3 rings (SSSR count). The summed E-state index contributed by atoms with van der Waals surface area (Å²) in [7, 11) is 0. The van der Waals surface area contributed by atoms with Crippen LogP contribution in [0.5, 0.6) is 0 Å². The normalized spacial score (nSPS) is 14.3. The smallest absolute Gasteiger partial charge is 0.404 e. The number of amides is 1. The molecule has 0 saturated heterocycles. The summed E-state index contributed by atoms with van der Waals surface area (Å²) in [6, 6.07) is 16.5. The van der Waals surface area contributed by atoms with Gasteiger partial charge in [-0.3, -0.25) is 0 Å². The molecule has 0 fully saturated rings. The van der Waals surface area contributed by atoms with E-state index in [1.807, 2.05) is 24.3 Å². The van der Waals surface area contributed by atoms with Gasteiger partial charge in [0, 0.05) is 12.0 Å². The van der Waals surface area contributed by atoms with E-state index in [9.17, 15) is 4.79 Å². The van der Waals surface area contributed by atoms with Gasteiger partial charge in [-0.15, -0.1) is 0 Å². The third kappa shape index (κ3) is 2.62. The number of carbonyl (C=O) groups excluding carboxylic acids is 1. The second-order valence-corrected chi connectivity index (χ2v) is 5.35. The van der Waals surface area contributed by atoms with Crippen LogP contribution in [-0.4, -0.2) is 18.7 Å². The zero-order valence-corrected chi connectivity index (χ0v) is 11.7. The van der Waals surface area contributed by atoms with Crippen molar-refractivity contribution in [2.75, 3.05) is 6.61 Å². The van der Waals surface area contributed by atoms with E-state index in [1.165, 1.54) is 22.3 Å². The molecule has 2 aromatic carbocycles. The molecular weight excluding hydrogens is 264 g/mol. The van der Waals surface area contributed by atoms with Gasteiger partial charge >= 0.3 is 6.09 Å². The summed E-state index contributed by atoms with van der Waals surface area (Å²) in [5.74, 6) is 0.240. The maximum Gasteiger partial charge on any atom is 0.404 e. The van der Waals surface area contributed by atoms with Gasteiger partial charge in [0.25, 0.3) is 0 Å². The summed E-state index contributed by atoms with van der Waals surface area (Å²) in [6.07, 6.45) is -0.0564. The van der Waals surface area contributed by atoms with Crippen LogP contribution >= 0.6 is 0 Å². The lowest BCUT2D eigenvalue weighted by Crippen LogP contribution is -2.31. The summed E-state index contributed by atoms with van der Waals surface area (Å²) >= 11 is 0. The molecule has 21 heavy (non-hydrogen) atoms. The van der Waals surface area contributed by atoms with Gasteiger partial charge < -0.3 is 16.2 Å². The van der Waals surface area contributed by atoms with Gasteiger partial charge in [0.15, 0.2) is 0 Å². The van der Waals surface area contributed by atoms with Crippen LogP contribution < -0.4 is 11.5 Å². The number of nitrogens with two attached hydrogens (primary N) is 2. The van der Waals surface area contributed by atoms with Gasteiger partial charge in [-0.25, -0.2) is 4.79 Å². The monoisotopic (exact) mass is 282 g/mol. The zero-order chi connectivity index (χ0) is 14.8. The summed E-state index contributed by atoms with van der Waals surface area (Å²) in [5.41, 5.74) is 16.2. The molecule has 4 heteroatoms. The number of rotatable bonds is 4. The van der Waals surface area contributed by atoms with E-state index in [-0.39, 0.29) is 18.6 Å². The summed E-state index contributed by atoms with van der Waals surface area (Å²) in [4.78, 5) is 10.7. The molecule has 0 aromatic heterocycles. The average molecular weight is 282 g/mol. The van der Waals surface area contributed by atoms with Crippen LogP contribution in [0.3, 0.4) is 0 Å². The van der Waals surface area contributed by atoms with E-state index in [0.29, 0.717) is 0 Å². The highest BCUT2D eigenvalue weighted by Gasteiger charge is 2.29. The molecule has 1 atom stereocenters. The number of carbonyl (C=O) groups is 1. The molecule has 2 aromatic rings. The maximum atomic E-state index is 10.7. The van der Waals surface area contributed by atoms with Crippen molar-refractivity contribution in [3.05, 3.63) is 59.7 Å². The third-order valence-electron chi connectivity index (χ3n) is 3.94. The van der Waals surface area contributed by atoms with Crippen molar-refractivity contribution in [2.45, 2.75) is 18.4 Å². The van der Waals surface area contributed by atoms with Gasteiger partial charge in [0.1, 0.15) is 6.61 Å². The quantitative estimate of drug-likeness (QED) is 0.904. The largest absolute Gasteiger partial charge is 0.448 e. The van der Waals surface area contributed by atoms with Gasteiger partial charge in [-0.1, -0.05) is 48.5 Å². The first-order valence-electron chi connectivity index (χ1n) is 7.03. The van der Waals surface area contributed by atoms with Crippen LogP contribution in [0, 0.1) is 0 Å². The molecule has 0 bridgehead atoms. The number of primary amides is 1. The molecule has 108 valence electrons. The van der Waals surface area contributed by atoms with Crippen molar-refractivity contribution < 1.29 is 9.53 Å². The predicted octanol–water partition coefficient (Wildman–Crippen LogP) is 2.61. The van der Waals surface area contributed by atoms with E-state index >= 15 is 0 Å². The fraction of sp³-hybridized carbons (Fsp3) is 0.235. The molecule has 1 aliphatic rings. The fourth-order valence-corrected chi connectivity index (χ4v) is 3.07. The standard InChI is InChI=1S/C17H18N2O2/c18-11(10-21-17(19)20)9-16-14-7-3-1-5-12(14)13-6-2-4-8-15(13)16/h1-8,11,16H,9-10,18H2,(H2,19,20)/t11-/m1/s1. The number of fused-ring (bicyclic) bond motifs is 3. The first-order valence-corrected chi connectivity index (χ1v) is 7.03. The van der Waals surface area contributed by atoms with Gasteiger partial charge in [-0.05, 0) is 28.7 Å². The van der Waals surface area contributed by atoms with Gasteiger partial charge in [-0.2, -0.15) is 0 Å². The van der Waals surface area contributed by atoms with Crippen molar-refractivity contribution in [3.8, 4) is 11.1 Å². The molecule has 4 nitrogen and oxygen atoms in total. The molecule has 0 heterocycles. The highest BCUT2D eigenvalue weighted by molar-refractivity contribution is 5.78. The van der Waals surface area contributed by atoms with Crippen molar-refractivity contribution in [1.82, 2.24) is 0 Å². The minimum absolute atomic E-state index is 0.149. The van der Waals surface area contributed by atoms with Crippen LogP contribution in [0.15, 0.2) is 48.5 Å². The van der Waals surface area contributed by atoms with Crippen LogP contribution in [0.4, 0.5) is 4.79 Å². The Morgan fingerprint density at radius 1 is 1.05 bits per heavy atom. The Bertz CT molecular complexity index is 624. The van der Waals surface area contributed by atoms with Gasteiger partial charge in [0.2, 0.25) is 0 Å². The molecule has 1 amide bonds. The molecule has 0 saturated carbocycles. The lowest BCUT2D eigenvalue weighted by atomic mass is 9.90. The lowest BCUT2D eigenvalue weighted by molar-refractivity contribution is 0.147. The molecule has 0 unspecified atom stereocenters. The number of hydrogen-bond donors (Lipinski definition) is 2. The van der Waals surface area contributed by atoms with Crippen molar-refractivity contribution in [1.29, 1.82) is 0 Å². The fourth-order valence-electron chi connectivity index (χ4n) is 3.07. The van der Waals surface area contributed by atoms with Crippen molar-refractivity contribution >= 4 is 6.09 Å². The lowest BCUT2D eigenvalue weighted by Gasteiger charge is -2.18. The number of hydrogen-bond acceptors (Lipinski definition) is 3. The Hall–Kier alpha value is -2.33. The highest BCUT2D eigenvalue weighted by atomic mass is 16.5. The Balaban J connectivity index is 1.87. The first-order chi connectivity index (χ1) is 10.2. The Morgan fingerprint density at radius 2 is 1.57 bits per heavy atom. The molecule has 0 radical (unpaired) electrons. The number of ether oxygens (including phenoxy) is 1. The molecule has 0 aliphatic heterocycles. The van der Waals surface area contributed by atoms with Crippen molar-refractivity contribution in [2.24, 2.45) is 11.5 Å². The Morgan fingerprint density at radius 3 is 2.10 bits per heavy atom. The van der Waals surface area contributed by atoms with Crippen molar-refractivity contribution in [3.63, 3.8) is 0 Å². The van der Waals surface area contributed by atoms with E-state index in [0.717, 1.165) is 6.42 Å². The SMILES string of the molecule is NC(=O)OC[C@H](N)CC1c2ccccc2-c2ccccc21. The summed E-state index contributed by atoms with van der Waals surface area (Å²) < 4.78 is 4.80. The zero-order valence-electron chi connectivity index (χ0n) is 11.7. The minimum Gasteiger partial charge on any atom is -0.448 e. The van der Waals surface area contributed by atoms with E-state index < -0.39 is 6.09 Å². The molecule has 4 N–H and O–H groups in total. The van der Waals surface area contributed by atoms with Crippen LogP contribution in [0.1, 0.15) is 23.5 Å². The van der Waals surface area contributed by atoms with E-state index in [1.54, 1.807) is 0 Å². The Labute approximate surface area is 123 Å². The first kappa shape index (κ1) is 13.6. The summed E-state index contributed by atoms with van der Waals surface area (Å²) in [6.45, 7) is 0.149. The predicted molar refractivity (Wildman–Crippen MR) is 81.8 cm³/mol. The molecule has 1 aliphatic carbocycles. The average Bonchev–Trinajstić information content (AvgIpc) is 2.80.